The molecule has 0 spiro atoms. The lowest BCUT2D eigenvalue weighted by Gasteiger charge is -2.38. The van der Waals surface area contributed by atoms with Crippen LogP contribution in [0.1, 0.15) is 56.3 Å². The summed E-state index contributed by atoms with van der Waals surface area (Å²) in [5.74, 6) is 0.858. The van der Waals surface area contributed by atoms with Crippen LogP contribution in [0.4, 0.5) is 10.5 Å². The van der Waals surface area contributed by atoms with Crippen LogP contribution in [0.2, 0.25) is 5.02 Å². The van der Waals surface area contributed by atoms with Gasteiger partial charge in [-0.2, -0.15) is 0 Å². The molecule has 184 valence electrons. The number of nitrogens with zero attached hydrogens (tertiary/aromatic N) is 2. The normalized spacial score (nSPS) is 19.2. The van der Waals surface area contributed by atoms with Gasteiger partial charge in [-0.05, 0) is 51.0 Å². The van der Waals surface area contributed by atoms with Gasteiger partial charge in [0.2, 0.25) is 0 Å². The molecule has 33 heavy (non-hydrogen) atoms. The number of ether oxygens (including phenoxy) is 1. The molecule has 0 saturated carbocycles. The number of piperidine rings is 2. The van der Waals surface area contributed by atoms with E-state index in [4.69, 9.17) is 22.1 Å². The van der Waals surface area contributed by atoms with E-state index in [-0.39, 0.29) is 24.0 Å². The van der Waals surface area contributed by atoms with E-state index in [1.165, 1.54) is 7.11 Å². The predicted molar refractivity (Wildman–Crippen MR) is 132 cm³/mol. The highest BCUT2D eigenvalue weighted by atomic mass is 35.5. The third-order valence-corrected chi connectivity index (χ3v) is 7.21. The molecule has 2 fully saturated rings. The lowest BCUT2D eigenvalue weighted by atomic mass is 9.94. The molecule has 2 saturated heterocycles. The Balaban J connectivity index is 1.41. The second-order valence-electron chi connectivity index (χ2n) is 9.31. The molecule has 1 atom stereocenters. The van der Waals surface area contributed by atoms with Gasteiger partial charge >= 0.3 is 6.03 Å². The number of hydrogen-bond donors (Lipinski definition) is 3. The minimum absolute atomic E-state index is 0.0679. The fourth-order valence-electron chi connectivity index (χ4n) is 4.53. The summed E-state index contributed by atoms with van der Waals surface area (Å²) in [6.45, 7) is 8.74. The number of hydrogen-bond acceptors (Lipinski definition) is 5. The van der Waals surface area contributed by atoms with Crippen molar-refractivity contribution in [3.63, 3.8) is 0 Å². The number of nitrogen functional groups attached to an aromatic ring is 1. The molecule has 0 aromatic heterocycles. The first-order chi connectivity index (χ1) is 15.8. The fraction of sp³-hybridized carbons (Fsp3) is 0.667. The number of amides is 3. The number of methoxy groups -OCH3 is 1. The number of halogens is 1. The van der Waals surface area contributed by atoms with E-state index in [0.29, 0.717) is 27.9 Å². The highest BCUT2D eigenvalue weighted by Gasteiger charge is 2.27. The summed E-state index contributed by atoms with van der Waals surface area (Å²) in [4.78, 5) is 29.5. The number of carbonyl (C=O) groups is 2. The third kappa shape index (κ3) is 6.90. The Morgan fingerprint density at radius 2 is 1.85 bits per heavy atom. The summed E-state index contributed by atoms with van der Waals surface area (Å²) in [6.07, 6.45) is 4.85. The minimum Gasteiger partial charge on any atom is -0.496 e. The second-order valence-corrected chi connectivity index (χ2v) is 9.72. The van der Waals surface area contributed by atoms with Crippen LogP contribution in [0, 0.1) is 5.92 Å². The van der Waals surface area contributed by atoms with Gasteiger partial charge in [-0.1, -0.05) is 18.5 Å². The Hall–Kier alpha value is -2.19. The quantitative estimate of drug-likeness (QED) is 0.521. The first kappa shape index (κ1) is 25.4. The van der Waals surface area contributed by atoms with E-state index in [9.17, 15) is 9.59 Å². The van der Waals surface area contributed by atoms with Gasteiger partial charge in [-0.15, -0.1) is 0 Å². The topological polar surface area (TPSA) is 99.9 Å². The summed E-state index contributed by atoms with van der Waals surface area (Å²) in [5, 5.41) is 6.53. The minimum atomic E-state index is -0.185. The van der Waals surface area contributed by atoms with Crippen molar-refractivity contribution in [2.24, 2.45) is 5.92 Å². The zero-order valence-corrected chi connectivity index (χ0v) is 20.8. The Labute approximate surface area is 202 Å². The van der Waals surface area contributed by atoms with Gasteiger partial charge in [0.05, 0.1) is 23.4 Å². The van der Waals surface area contributed by atoms with Crippen LogP contribution in [0.5, 0.6) is 5.75 Å². The van der Waals surface area contributed by atoms with Crippen molar-refractivity contribution in [1.29, 1.82) is 0 Å². The SMILES string of the molecule is CCC(C)NC(=O)N1CCC(CN2CCC(NC(=O)c3cc(Cl)c(N)cc3OC)CC2)CC1. The number of nitrogens with two attached hydrogens (primary N) is 1. The molecule has 9 heteroatoms. The first-order valence-corrected chi connectivity index (χ1v) is 12.4. The standard InChI is InChI=1S/C24H38ClN5O3/c1-4-16(2)27-24(32)30-11-5-17(6-12-30)15-29-9-7-18(8-10-29)28-23(31)19-13-20(25)21(26)14-22(19)33-3/h13-14,16-18H,4-12,15,26H2,1-3H3,(H,27,32)(H,28,31). The average Bonchev–Trinajstić information content (AvgIpc) is 2.82. The van der Waals surface area contributed by atoms with Crippen molar-refractivity contribution in [3.8, 4) is 5.75 Å². The Morgan fingerprint density at radius 3 is 2.45 bits per heavy atom. The fourth-order valence-corrected chi connectivity index (χ4v) is 4.69. The van der Waals surface area contributed by atoms with E-state index < -0.39 is 0 Å². The zero-order valence-electron chi connectivity index (χ0n) is 20.0. The lowest BCUT2D eigenvalue weighted by Crippen LogP contribution is -2.49. The van der Waals surface area contributed by atoms with Gasteiger partial charge in [0.1, 0.15) is 5.75 Å². The van der Waals surface area contributed by atoms with Gasteiger partial charge in [0.15, 0.2) is 0 Å². The van der Waals surface area contributed by atoms with Crippen LogP contribution in [0.3, 0.4) is 0 Å². The van der Waals surface area contributed by atoms with Gasteiger partial charge in [-0.3, -0.25) is 4.79 Å². The maximum Gasteiger partial charge on any atom is 0.317 e. The van der Waals surface area contributed by atoms with E-state index in [2.05, 4.69) is 22.5 Å². The molecule has 1 aromatic carbocycles. The summed E-state index contributed by atoms with van der Waals surface area (Å²) in [7, 11) is 1.51. The molecular formula is C24H38ClN5O3. The number of rotatable bonds is 7. The molecule has 3 rings (SSSR count). The molecule has 1 unspecified atom stereocenters. The van der Waals surface area contributed by atoms with Gasteiger partial charge in [0.25, 0.3) is 5.91 Å². The maximum atomic E-state index is 12.8. The highest BCUT2D eigenvalue weighted by molar-refractivity contribution is 6.33. The van der Waals surface area contributed by atoms with E-state index in [1.807, 2.05) is 11.8 Å². The molecule has 0 aliphatic carbocycles. The van der Waals surface area contributed by atoms with Gasteiger partial charge in [0, 0.05) is 50.9 Å². The number of anilines is 1. The van der Waals surface area contributed by atoms with Crippen LogP contribution in [0.15, 0.2) is 12.1 Å². The number of carbonyl (C=O) groups excluding carboxylic acids is 2. The molecule has 8 nitrogen and oxygen atoms in total. The lowest BCUT2D eigenvalue weighted by molar-refractivity contribution is 0.0891. The smallest absolute Gasteiger partial charge is 0.317 e. The van der Waals surface area contributed by atoms with Crippen molar-refractivity contribution >= 4 is 29.2 Å². The number of urea groups is 1. The Bertz CT molecular complexity index is 821. The molecular weight excluding hydrogens is 442 g/mol. The van der Waals surface area contributed by atoms with Crippen molar-refractivity contribution in [2.75, 3.05) is 45.6 Å². The summed E-state index contributed by atoms with van der Waals surface area (Å²) >= 11 is 6.10. The van der Waals surface area contributed by atoms with Gasteiger partial charge < -0.3 is 30.9 Å². The molecule has 3 amide bonds. The van der Waals surface area contributed by atoms with Crippen LogP contribution >= 0.6 is 11.6 Å². The van der Waals surface area contributed by atoms with E-state index in [0.717, 1.165) is 64.8 Å². The van der Waals surface area contributed by atoms with Crippen molar-refractivity contribution < 1.29 is 14.3 Å². The third-order valence-electron chi connectivity index (χ3n) is 6.89. The van der Waals surface area contributed by atoms with Crippen molar-refractivity contribution in [1.82, 2.24) is 20.4 Å². The molecule has 2 heterocycles. The molecule has 2 aliphatic rings. The molecule has 1 aromatic rings. The maximum absolute atomic E-state index is 12.8. The van der Waals surface area contributed by atoms with Crippen LogP contribution in [-0.2, 0) is 0 Å². The van der Waals surface area contributed by atoms with E-state index in [1.54, 1.807) is 12.1 Å². The van der Waals surface area contributed by atoms with Gasteiger partial charge in [-0.25, -0.2) is 4.79 Å². The molecule has 2 aliphatic heterocycles. The Kier molecular flexibility index (Phi) is 9.09. The monoisotopic (exact) mass is 479 g/mol. The molecule has 0 radical (unpaired) electrons. The first-order valence-electron chi connectivity index (χ1n) is 12.0. The number of likely N-dealkylation sites (tertiary alicyclic amines) is 2. The summed E-state index contributed by atoms with van der Waals surface area (Å²) in [6, 6.07) is 3.56. The van der Waals surface area contributed by atoms with Crippen LogP contribution in [0.25, 0.3) is 0 Å². The predicted octanol–water partition coefficient (Wildman–Crippen LogP) is 3.35. The zero-order chi connectivity index (χ0) is 24.0. The van der Waals surface area contributed by atoms with Crippen molar-refractivity contribution in [2.45, 2.75) is 58.0 Å². The average molecular weight is 480 g/mol. The summed E-state index contributed by atoms with van der Waals surface area (Å²) in [5.41, 5.74) is 6.61. The molecule has 4 N–H and O–H groups in total. The van der Waals surface area contributed by atoms with Crippen LogP contribution in [-0.4, -0.2) is 73.7 Å². The molecule has 0 bridgehead atoms. The van der Waals surface area contributed by atoms with Crippen LogP contribution < -0.4 is 21.1 Å². The Morgan fingerprint density at radius 1 is 1.18 bits per heavy atom. The van der Waals surface area contributed by atoms with E-state index >= 15 is 0 Å². The summed E-state index contributed by atoms with van der Waals surface area (Å²) < 4.78 is 5.30. The highest BCUT2D eigenvalue weighted by Crippen LogP contribution is 2.29. The second kappa shape index (κ2) is 11.8. The number of nitrogens with one attached hydrogen (secondary N) is 2. The largest absolute Gasteiger partial charge is 0.496 e. The van der Waals surface area contributed by atoms with Crippen molar-refractivity contribution in [3.05, 3.63) is 22.7 Å². The number of benzene rings is 1.